The van der Waals surface area contributed by atoms with Crippen molar-refractivity contribution in [2.45, 2.75) is 57.4 Å². The zero-order valence-corrected chi connectivity index (χ0v) is 9.34. The zero-order valence-electron chi connectivity index (χ0n) is 9.34. The minimum atomic E-state index is 0.477. The van der Waals surface area contributed by atoms with Crippen molar-refractivity contribution in [3.05, 3.63) is 0 Å². The number of rotatable bonds is 3. The van der Waals surface area contributed by atoms with Crippen LogP contribution >= 0.6 is 0 Å². The lowest BCUT2D eigenvalue weighted by Gasteiger charge is -2.56. The summed E-state index contributed by atoms with van der Waals surface area (Å²) in [5, 5.41) is 5.03. The molecule has 4 aliphatic rings. The Morgan fingerprint density at radius 2 is 1.50 bits per heavy atom. The molecular weight excluding hydrogens is 170 g/mol. The molecular formula is C13H22N. The fraction of sp³-hybridized carbons (Fsp3) is 1.00. The van der Waals surface area contributed by atoms with Gasteiger partial charge in [0.2, 0.25) is 0 Å². The van der Waals surface area contributed by atoms with Crippen molar-refractivity contribution in [3.8, 4) is 0 Å². The van der Waals surface area contributed by atoms with Crippen LogP contribution in [0.1, 0.15) is 51.9 Å². The average Bonchev–Trinajstić information content (AvgIpc) is 2.12. The molecule has 0 unspecified atom stereocenters. The maximum atomic E-state index is 5.03. The summed E-state index contributed by atoms with van der Waals surface area (Å²) in [7, 11) is 0. The van der Waals surface area contributed by atoms with E-state index >= 15 is 0 Å². The molecule has 4 saturated carbocycles. The second-order valence-corrected chi connectivity index (χ2v) is 6.02. The highest BCUT2D eigenvalue weighted by Crippen LogP contribution is 2.55. The summed E-state index contributed by atoms with van der Waals surface area (Å²) in [4.78, 5) is 0. The van der Waals surface area contributed by atoms with Gasteiger partial charge in [-0.3, -0.25) is 0 Å². The molecule has 1 heteroatoms. The van der Waals surface area contributed by atoms with Crippen molar-refractivity contribution < 1.29 is 0 Å². The molecule has 0 aromatic rings. The minimum Gasteiger partial charge on any atom is -0.235 e. The van der Waals surface area contributed by atoms with Crippen LogP contribution in [0.15, 0.2) is 0 Å². The third-order valence-electron chi connectivity index (χ3n) is 4.68. The van der Waals surface area contributed by atoms with E-state index in [2.05, 4.69) is 6.92 Å². The van der Waals surface area contributed by atoms with Gasteiger partial charge in [0, 0.05) is 12.1 Å². The second kappa shape index (κ2) is 3.23. The number of nitrogens with zero attached hydrogens (tertiary/aromatic N) is 1. The molecule has 0 heterocycles. The van der Waals surface area contributed by atoms with E-state index in [1.54, 1.807) is 19.3 Å². The largest absolute Gasteiger partial charge is 0.235 e. The van der Waals surface area contributed by atoms with Gasteiger partial charge in [0.15, 0.2) is 0 Å². The third-order valence-corrected chi connectivity index (χ3v) is 4.68. The Labute approximate surface area is 87.7 Å². The normalized spacial score (nSPS) is 49.9. The van der Waals surface area contributed by atoms with Gasteiger partial charge in [-0.25, -0.2) is 5.32 Å². The molecule has 0 spiro atoms. The van der Waals surface area contributed by atoms with E-state index < -0.39 is 0 Å². The summed E-state index contributed by atoms with van der Waals surface area (Å²) in [6.45, 7) is 3.37. The minimum absolute atomic E-state index is 0.477. The topological polar surface area (TPSA) is 14.1 Å². The molecule has 0 aromatic heterocycles. The van der Waals surface area contributed by atoms with Crippen LogP contribution in [-0.2, 0) is 0 Å². The average molecular weight is 192 g/mol. The van der Waals surface area contributed by atoms with Crippen molar-refractivity contribution in [3.63, 3.8) is 0 Å². The standard InChI is InChI=1S/C13H22N/c1-2-3-14-13-7-10-4-11(8-13)6-12(5-10)9-13/h10-12H,2-9H2,1H3. The van der Waals surface area contributed by atoms with E-state index in [1.807, 2.05) is 0 Å². The molecule has 0 atom stereocenters. The van der Waals surface area contributed by atoms with Crippen LogP contribution in [0.3, 0.4) is 0 Å². The fourth-order valence-electron chi connectivity index (χ4n) is 4.61. The fourth-order valence-corrected chi connectivity index (χ4v) is 4.61. The van der Waals surface area contributed by atoms with Crippen molar-refractivity contribution >= 4 is 0 Å². The molecule has 4 aliphatic carbocycles. The monoisotopic (exact) mass is 192 g/mol. The summed E-state index contributed by atoms with van der Waals surface area (Å²) in [5.74, 6) is 3.17. The SMILES string of the molecule is CCC[N]C12CC3CC(CC(C3)C1)C2. The van der Waals surface area contributed by atoms with Crippen LogP contribution in [0, 0.1) is 17.8 Å². The number of hydrogen-bond donors (Lipinski definition) is 0. The van der Waals surface area contributed by atoms with E-state index in [4.69, 9.17) is 5.32 Å². The predicted molar refractivity (Wildman–Crippen MR) is 58.2 cm³/mol. The highest BCUT2D eigenvalue weighted by Gasteiger charge is 2.50. The van der Waals surface area contributed by atoms with Gasteiger partial charge in [0.1, 0.15) is 0 Å². The molecule has 1 nitrogen and oxygen atoms in total. The Kier molecular flexibility index (Phi) is 2.12. The smallest absolute Gasteiger partial charge is 0.0364 e. The Bertz CT molecular complexity index is 186. The summed E-state index contributed by atoms with van der Waals surface area (Å²) < 4.78 is 0. The third kappa shape index (κ3) is 1.41. The van der Waals surface area contributed by atoms with Crippen molar-refractivity contribution in [2.24, 2.45) is 17.8 Å². The van der Waals surface area contributed by atoms with E-state index in [0.717, 1.165) is 24.3 Å². The first-order valence-corrected chi connectivity index (χ1v) is 6.48. The molecule has 0 aliphatic heterocycles. The summed E-state index contributed by atoms with van der Waals surface area (Å²) in [6.07, 6.45) is 10.2. The lowest BCUT2D eigenvalue weighted by molar-refractivity contribution is -0.0214. The molecule has 4 rings (SSSR count). The quantitative estimate of drug-likeness (QED) is 0.652. The van der Waals surface area contributed by atoms with Crippen molar-refractivity contribution in [1.82, 2.24) is 5.32 Å². The van der Waals surface area contributed by atoms with Crippen LogP contribution < -0.4 is 5.32 Å². The van der Waals surface area contributed by atoms with Gasteiger partial charge in [-0.05, 0) is 62.7 Å². The van der Waals surface area contributed by atoms with Gasteiger partial charge < -0.3 is 0 Å². The first kappa shape index (κ1) is 9.21. The maximum Gasteiger partial charge on any atom is 0.0364 e. The highest BCUT2D eigenvalue weighted by atomic mass is 15.0. The molecule has 4 bridgehead atoms. The molecule has 0 amide bonds. The van der Waals surface area contributed by atoms with Crippen LogP contribution in [0.5, 0.6) is 0 Å². The molecule has 14 heavy (non-hydrogen) atoms. The molecule has 0 aromatic carbocycles. The first-order valence-electron chi connectivity index (χ1n) is 6.48. The second-order valence-electron chi connectivity index (χ2n) is 6.02. The summed E-state index contributed by atoms with van der Waals surface area (Å²) in [6, 6.07) is 0. The van der Waals surface area contributed by atoms with E-state index in [0.29, 0.717) is 5.54 Å². The van der Waals surface area contributed by atoms with Gasteiger partial charge in [-0.15, -0.1) is 0 Å². The molecule has 1 radical (unpaired) electrons. The van der Waals surface area contributed by atoms with E-state index in [1.165, 1.54) is 25.7 Å². The Morgan fingerprint density at radius 1 is 1.00 bits per heavy atom. The molecule has 79 valence electrons. The van der Waals surface area contributed by atoms with Crippen LogP contribution in [0.25, 0.3) is 0 Å². The number of hydrogen-bond acceptors (Lipinski definition) is 0. The van der Waals surface area contributed by atoms with Crippen LogP contribution in [-0.4, -0.2) is 12.1 Å². The molecule has 0 N–H and O–H groups in total. The van der Waals surface area contributed by atoms with E-state index in [-0.39, 0.29) is 0 Å². The van der Waals surface area contributed by atoms with Crippen molar-refractivity contribution in [2.75, 3.05) is 6.54 Å². The van der Waals surface area contributed by atoms with Gasteiger partial charge in [-0.2, -0.15) is 0 Å². The van der Waals surface area contributed by atoms with Gasteiger partial charge in [0.05, 0.1) is 0 Å². The Morgan fingerprint density at radius 3 is 1.93 bits per heavy atom. The van der Waals surface area contributed by atoms with Crippen LogP contribution in [0.2, 0.25) is 0 Å². The highest BCUT2D eigenvalue weighted by molar-refractivity contribution is 5.06. The Hall–Kier alpha value is -0.0400. The molecule has 4 fully saturated rings. The molecule has 0 saturated heterocycles. The summed E-state index contributed by atoms with van der Waals surface area (Å²) in [5.41, 5.74) is 0.477. The van der Waals surface area contributed by atoms with Gasteiger partial charge >= 0.3 is 0 Å². The lowest BCUT2D eigenvalue weighted by atomic mass is 9.53. The van der Waals surface area contributed by atoms with Crippen LogP contribution in [0.4, 0.5) is 0 Å². The van der Waals surface area contributed by atoms with Gasteiger partial charge in [-0.1, -0.05) is 6.92 Å². The maximum absolute atomic E-state index is 5.03. The zero-order chi connectivity index (χ0) is 9.60. The predicted octanol–water partition coefficient (Wildman–Crippen LogP) is 2.97. The Balaban J connectivity index is 1.74. The lowest BCUT2D eigenvalue weighted by Crippen LogP contribution is -2.55. The van der Waals surface area contributed by atoms with Gasteiger partial charge in [0.25, 0.3) is 0 Å². The van der Waals surface area contributed by atoms with E-state index in [9.17, 15) is 0 Å². The van der Waals surface area contributed by atoms with Crippen molar-refractivity contribution in [1.29, 1.82) is 0 Å². The first-order chi connectivity index (χ1) is 6.80. The summed E-state index contributed by atoms with van der Waals surface area (Å²) >= 11 is 0.